The van der Waals surface area contributed by atoms with Gasteiger partial charge >= 0.3 is 6.09 Å². The minimum atomic E-state index is -1.57. The topological polar surface area (TPSA) is 134 Å². The molecule has 10 nitrogen and oxygen atoms in total. The first-order valence-electron chi connectivity index (χ1n) is 7.16. The molecule has 1 aromatic rings. The van der Waals surface area contributed by atoms with E-state index in [2.05, 4.69) is 4.99 Å². The fraction of sp³-hybridized carbons (Fsp3) is 0.357. The van der Waals surface area contributed by atoms with Crippen LogP contribution in [0.25, 0.3) is 0 Å². The lowest BCUT2D eigenvalue weighted by Gasteiger charge is -2.37. The molecule has 0 radical (unpaired) electrons. The largest absolute Gasteiger partial charge is 0.465 e. The number of carboxylic acid groups (broad SMARTS) is 1. The molecule has 2 aliphatic heterocycles. The second-order valence-electron chi connectivity index (χ2n) is 5.68. The molecular weight excluding hydrogens is 339 g/mol. The summed E-state index contributed by atoms with van der Waals surface area (Å²) in [6.45, 7) is -0.269. The summed E-state index contributed by atoms with van der Waals surface area (Å²) in [5.41, 5.74) is -2.13. The van der Waals surface area contributed by atoms with E-state index in [1.54, 1.807) is 0 Å². The average Bonchev–Trinajstić information content (AvgIpc) is 2.97. The highest BCUT2D eigenvalue weighted by Crippen LogP contribution is 2.44. The van der Waals surface area contributed by atoms with Crippen molar-refractivity contribution in [1.29, 1.82) is 0 Å². The van der Waals surface area contributed by atoms with Gasteiger partial charge in [0.25, 0.3) is 5.69 Å². The van der Waals surface area contributed by atoms with E-state index in [1.807, 2.05) is 5.32 Å². The number of nitrogens with one attached hydrogen (secondary N) is 1. The first-order valence-corrected chi connectivity index (χ1v) is 7.16. The Morgan fingerprint density at radius 3 is 2.96 bits per heavy atom. The number of nitro benzene ring substituents is 1. The van der Waals surface area contributed by atoms with E-state index in [0.717, 1.165) is 23.1 Å². The Kier molecular flexibility index (Phi) is 3.87. The van der Waals surface area contributed by atoms with Crippen LogP contribution in [0.4, 0.5) is 14.9 Å². The Labute approximate surface area is 140 Å². The van der Waals surface area contributed by atoms with Crippen LogP contribution in [0.3, 0.4) is 0 Å². The molecule has 25 heavy (non-hydrogen) atoms. The molecule has 0 unspecified atom stereocenters. The predicted molar refractivity (Wildman–Crippen MR) is 80.4 cm³/mol. The molecule has 2 N–H and O–H groups in total. The van der Waals surface area contributed by atoms with Gasteiger partial charge in [-0.2, -0.15) is 0 Å². The van der Waals surface area contributed by atoms with Crippen molar-refractivity contribution in [1.82, 2.24) is 10.2 Å². The highest BCUT2D eigenvalue weighted by Gasteiger charge is 2.55. The number of halogens is 1. The third-order valence-electron chi connectivity index (χ3n) is 4.28. The second-order valence-corrected chi connectivity index (χ2v) is 5.68. The van der Waals surface area contributed by atoms with Crippen LogP contribution in [-0.4, -0.2) is 53.2 Å². The number of aliphatic imine (C=N–C) groups is 1. The minimum Gasteiger partial charge on any atom is -0.465 e. The number of carbonyl (C=O) groups is 2. The minimum absolute atomic E-state index is 0.0604. The summed E-state index contributed by atoms with van der Waals surface area (Å²) >= 11 is 0. The SMILES string of the molecule is CN1C(=O)[C@@H]2COC[C@]2(c2cc([N+](=O)[O-])ccc2F)N=C1NC(=O)O. The van der Waals surface area contributed by atoms with Gasteiger partial charge in [0.1, 0.15) is 11.4 Å². The Balaban J connectivity index is 2.21. The maximum Gasteiger partial charge on any atom is 0.411 e. The number of carbonyl (C=O) groups excluding carboxylic acids is 1. The molecule has 132 valence electrons. The lowest BCUT2D eigenvalue weighted by molar-refractivity contribution is -0.385. The predicted octanol–water partition coefficient (Wildman–Crippen LogP) is 0.671. The van der Waals surface area contributed by atoms with Crippen molar-refractivity contribution in [2.24, 2.45) is 10.9 Å². The van der Waals surface area contributed by atoms with E-state index < -0.39 is 34.2 Å². The zero-order valence-corrected chi connectivity index (χ0v) is 12.9. The number of nitrogens with zero attached hydrogens (tertiary/aromatic N) is 3. The molecule has 2 amide bonds. The molecule has 0 aliphatic carbocycles. The summed E-state index contributed by atoms with van der Waals surface area (Å²) in [6.07, 6.45) is -1.45. The van der Waals surface area contributed by atoms with Crippen molar-refractivity contribution in [3.8, 4) is 0 Å². The van der Waals surface area contributed by atoms with Gasteiger partial charge in [-0.25, -0.2) is 14.2 Å². The molecule has 0 spiro atoms. The van der Waals surface area contributed by atoms with Gasteiger partial charge in [0.2, 0.25) is 11.9 Å². The number of rotatable bonds is 2. The van der Waals surface area contributed by atoms with Crippen molar-refractivity contribution >= 4 is 23.6 Å². The van der Waals surface area contributed by atoms with Gasteiger partial charge < -0.3 is 9.84 Å². The van der Waals surface area contributed by atoms with E-state index in [1.165, 1.54) is 7.05 Å². The Morgan fingerprint density at radius 1 is 1.60 bits per heavy atom. The van der Waals surface area contributed by atoms with Gasteiger partial charge in [0.05, 0.1) is 24.1 Å². The monoisotopic (exact) mass is 352 g/mol. The van der Waals surface area contributed by atoms with Crippen molar-refractivity contribution < 1.29 is 28.7 Å². The molecule has 3 rings (SSSR count). The Hall–Kier alpha value is -3.08. The van der Waals surface area contributed by atoms with Gasteiger partial charge in [0, 0.05) is 24.7 Å². The normalized spacial score (nSPS) is 25.4. The molecule has 2 heterocycles. The molecule has 2 aliphatic rings. The molecule has 2 atom stereocenters. The molecule has 0 bridgehead atoms. The van der Waals surface area contributed by atoms with Gasteiger partial charge in [-0.15, -0.1) is 0 Å². The maximum absolute atomic E-state index is 14.5. The van der Waals surface area contributed by atoms with Gasteiger partial charge in [-0.3, -0.25) is 25.1 Å². The standard InChI is InChI=1S/C14H13FN4O6/c1-18-11(20)9-5-25-6-14(9,17-12(18)16-13(21)22)8-4-7(19(23)24)2-3-10(8)15/h2-4,9H,5-6H2,1H3,(H,16,17)(H,21,22)/t9-,14+/m0/s1. The van der Waals surface area contributed by atoms with Crippen LogP contribution in [0.5, 0.6) is 0 Å². The van der Waals surface area contributed by atoms with Crippen LogP contribution in [0.1, 0.15) is 5.56 Å². The van der Waals surface area contributed by atoms with Crippen molar-refractivity contribution in [2.75, 3.05) is 20.3 Å². The Morgan fingerprint density at radius 2 is 2.32 bits per heavy atom. The lowest BCUT2D eigenvalue weighted by atomic mass is 9.78. The third kappa shape index (κ3) is 2.58. The number of ether oxygens (including phenoxy) is 1. The van der Waals surface area contributed by atoms with E-state index in [-0.39, 0.29) is 30.4 Å². The van der Waals surface area contributed by atoms with Crippen LogP contribution in [0.2, 0.25) is 0 Å². The van der Waals surface area contributed by atoms with E-state index in [0.29, 0.717) is 0 Å². The molecule has 0 saturated carbocycles. The summed E-state index contributed by atoms with van der Waals surface area (Å²) in [7, 11) is 1.32. The number of guanidine groups is 1. The number of amides is 2. The van der Waals surface area contributed by atoms with Crippen LogP contribution in [0.15, 0.2) is 23.2 Å². The summed E-state index contributed by atoms with van der Waals surface area (Å²) in [5.74, 6) is -2.54. The number of hydrogen-bond donors (Lipinski definition) is 2. The number of non-ortho nitro benzene ring substituents is 1. The number of nitro groups is 1. The quantitative estimate of drug-likeness (QED) is 0.593. The number of hydrogen-bond acceptors (Lipinski definition) is 6. The van der Waals surface area contributed by atoms with Crippen molar-refractivity contribution in [3.63, 3.8) is 0 Å². The third-order valence-corrected chi connectivity index (χ3v) is 4.28. The van der Waals surface area contributed by atoms with Gasteiger partial charge in [-0.05, 0) is 6.07 Å². The molecule has 0 aromatic heterocycles. The zero-order chi connectivity index (χ0) is 18.4. The van der Waals surface area contributed by atoms with Crippen LogP contribution < -0.4 is 5.32 Å². The fourth-order valence-corrected chi connectivity index (χ4v) is 3.05. The summed E-state index contributed by atoms with van der Waals surface area (Å²) in [4.78, 5) is 39.1. The van der Waals surface area contributed by atoms with E-state index in [9.17, 15) is 24.1 Å². The van der Waals surface area contributed by atoms with Crippen LogP contribution >= 0.6 is 0 Å². The average molecular weight is 352 g/mol. The highest BCUT2D eigenvalue weighted by molar-refractivity contribution is 6.05. The summed E-state index contributed by atoms with van der Waals surface area (Å²) in [6, 6.07) is 2.91. The van der Waals surface area contributed by atoms with Crippen LogP contribution in [-0.2, 0) is 15.1 Å². The van der Waals surface area contributed by atoms with Gasteiger partial charge in [-0.1, -0.05) is 0 Å². The van der Waals surface area contributed by atoms with E-state index >= 15 is 0 Å². The number of benzene rings is 1. The first kappa shape index (κ1) is 16.8. The maximum atomic E-state index is 14.5. The zero-order valence-electron chi connectivity index (χ0n) is 12.9. The van der Waals surface area contributed by atoms with Crippen molar-refractivity contribution in [2.45, 2.75) is 5.54 Å². The van der Waals surface area contributed by atoms with Crippen LogP contribution in [0, 0.1) is 21.8 Å². The van der Waals surface area contributed by atoms with Gasteiger partial charge in [0.15, 0.2) is 0 Å². The number of fused-ring (bicyclic) bond motifs is 1. The molecule has 1 saturated heterocycles. The molecular formula is C14H13FN4O6. The first-order chi connectivity index (χ1) is 11.8. The summed E-state index contributed by atoms with van der Waals surface area (Å²) in [5, 5.41) is 21.9. The lowest BCUT2D eigenvalue weighted by Crippen LogP contribution is -2.56. The molecule has 11 heteroatoms. The highest BCUT2D eigenvalue weighted by atomic mass is 19.1. The van der Waals surface area contributed by atoms with Crippen molar-refractivity contribution in [3.05, 3.63) is 39.7 Å². The Bertz CT molecular complexity index is 813. The fourth-order valence-electron chi connectivity index (χ4n) is 3.05. The summed E-state index contributed by atoms with van der Waals surface area (Å²) < 4.78 is 19.8. The molecule has 1 aromatic carbocycles. The molecule has 1 fully saturated rings. The van der Waals surface area contributed by atoms with E-state index in [4.69, 9.17) is 9.84 Å². The second kappa shape index (κ2) is 5.77. The smallest absolute Gasteiger partial charge is 0.411 e.